The zero-order valence-electron chi connectivity index (χ0n) is 16.1. The van der Waals surface area contributed by atoms with Gasteiger partial charge in [-0.05, 0) is 49.7 Å². The van der Waals surface area contributed by atoms with Crippen molar-refractivity contribution in [3.05, 3.63) is 76.8 Å². The summed E-state index contributed by atoms with van der Waals surface area (Å²) in [5.41, 5.74) is 3.49. The van der Waals surface area contributed by atoms with Crippen LogP contribution in [0.25, 0.3) is 0 Å². The van der Waals surface area contributed by atoms with E-state index in [0.29, 0.717) is 12.5 Å². The van der Waals surface area contributed by atoms with Gasteiger partial charge in [0.1, 0.15) is 12.4 Å². The second kappa shape index (κ2) is 8.76. The molecule has 1 fully saturated rings. The number of hydrogen-bond donors (Lipinski definition) is 0. The van der Waals surface area contributed by atoms with E-state index in [2.05, 4.69) is 21.0 Å². The maximum absolute atomic E-state index is 6.29. The fourth-order valence-corrected chi connectivity index (χ4v) is 4.12. The van der Waals surface area contributed by atoms with Crippen molar-refractivity contribution in [3.63, 3.8) is 0 Å². The van der Waals surface area contributed by atoms with Gasteiger partial charge in [-0.2, -0.15) is 5.10 Å². The summed E-state index contributed by atoms with van der Waals surface area (Å²) >= 11 is 6.29. The van der Waals surface area contributed by atoms with Gasteiger partial charge >= 0.3 is 0 Å². The zero-order chi connectivity index (χ0) is 19.3. The van der Waals surface area contributed by atoms with Crippen LogP contribution in [0.1, 0.15) is 35.6 Å². The van der Waals surface area contributed by atoms with Gasteiger partial charge in [-0.15, -0.1) is 0 Å². The number of hydrogen-bond acceptors (Lipinski definition) is 4. The normalized spacial score (nSPS) is 17.6. The number of aromatic nitrogens is 3. The largest absolute Gasteiger partial charge is 0.489 e. The van der Waals surface area contributed by atoms with Gasteiger partial charge < -0.3 is 4.74 Å². The molecule has 0 radical (unpaired) electrons. The van der Waals surface area contributed by atoms with Crippen LogP contribution >= 0.6 is 11.6 Å². The summed E-state index contributed by atoms with van der Waals surface area (Å²) in [4.78, 5) is 6.64. The first kappa shape index (κ1) is 19.0. The molecule has 5 nitrogen and oxygen atoms in total. The molecule has 3 aromatic rings. The van der Waals surface area contributed by atoms with Gasteiger partial charge in [-0.25, -0.2) is 0 Å². The smallest absolute Gasteiger partial charge is 0.124 e. The molecule has 0 spiro atoms. The van der Waals surface area contributed by atoms with Crippen LogP contribution in [0.15, 0.2) is 55.0 Å². The molecule has 0 bridgehead atoms. The summed E-state index contributed by atoms with van der Waals surface area (Å²) in [5, 5.41) is 5.08. The number of pyridine rings is 1. The van der Waals surface area contributed by atoms with Crippen molar-refractivity contribution in [3.8, 4) is 5.75 Å². The summed E-state index contributed by atoms with van der Waals surface area (Å²) in [6.07, 6.45) is 7.87. The van der Waals surface area contributed by atoms with Crippen molar-refractivity contribution in [2.45, 2.75) is 31.9 Å². The molecule has 1 aliphatic rings. The lowest BCUT2D eigenvalue weighted by Crippen LogP contribution is -2.34. The molecular weight excluding hydrogens is 372 g/mol. The Morgan fingerprint density at radius 2 is 2.14 bits per heavy atom. The van der Waals surface area contributed by atoms with E-state index in [4.69, 9.17) is 16.3 Å². The molecule has 146 valence electrons. The van der Waals surface area contributed by atoms with Crippen molar-refractivity contribution < 1.29 is 4.74 Å². The molecule has 1 saturated heterocycles. The van der Waals surface area contributed by atoms with E-state index in [1.807, 2.05) is 54.5 Å². The number of rotatable bonds is 6. The topological polar surface area (TPSA) is 43.2 Å². The van der Waals surface area contributed by atoms with Crippen molar-refractivity contribution >= 4 is 11.6 Å². The van der Waals surface area contributed by atoms with Gasteiger partial charge in [-0.1, -0.05) is 17.7 Å². The molecular formula is C22H25ClN4O. The standard InChI is InChI=1S/C22H25ClN4O/c1-26-21(8-10-25-26)18-5-3-11-27(14-18)15-19-12-20(23)6-7-22(19)28-16-17-4-2-9-24-13-17/h2,4,6-10,12-13,18H,3,5,11,14-16H2,1H3/t18-/m0/s1. The molecule has 0 N–H and O–H groups in total. The fourth-order valence-electron chi connectivity index (χ4n) is 3.92. The third kappa shape index (κ3) is 4.54. The second-order valence-electron chi connectivity index (χ2n) is 7.36. The van der Waals surface area contributed by atoms with E-state index in [-0.39, 0.29) is 0 Å². The molecule has 1 atom stereocenters. The highest BCUT2D eigenvalue weighted by Crippen LogP contribution is 2.30. The summed E-state index contributed by atoms with van der Waals surface area (Å²) in [5.74, 6) is 1.40. The minimum absolute atomic E-state index is 0.500. The van der Waals surface area contributed by atoms with Crippen molar-refractivity contribution in [2.75, 3.05) is 13.1 Å². The Hall–Kier alpha value is -2.37. The summed E-state index contributed by atoms with van der Waals surface area (Å²) in [6.45, 7) is 3.44. The highest BCUT2D eigenvalue weighted by molar-refractivity contribution is 6.30. The van der Waals surface area contributed by atoms with E-state index in [1.54, 1.807) is 6.20 Å². The van der Waals surface area contributed by atoms with Crippen molar-refractivity contribution in [1.82, 2.24) is 19.7 Å². The molecule has 1 aliphatic heterocycles. The first-order chi connectivity index (χ1) is 13.7. The van der Waals surface area contributed by atoms with E-state index in [9.17, 15) is 0 Å². The number of nitrogens with zero attached hydrogens (tertiary/aromatic N) is 4. The van der Waals surface area contributed by atoms with Crippen LogP contribution in [0.3, 0.4) is 0 Å². The third-order valence-corrected chi connectivity index (χ3v) is 5.55. The number of halogens is 1. The quantitative estimate of drug-likeness (QED) is 0.618. The lowest BCUT2D eigenvalue weighted by Gasteiger charge is -2.33. The second-order valence-corrected chi connectivity index (χ2v) is 7.79. The Morgan fingerprint density at radius 1 is 1.21 bits per heavy atom. The minimum Gasteiger partial charge on any atom is -0.489 e. The molecule has 6 heteroatoms. The maximum atomic E-state index is 6.29. The van der Waals surface area contributed by atoms with E-state index in [0.717, 1.165) is 41.5 Å². The molecule has 2 aromatic heterocycles. The molecule has 1 aromatic carbocycles. The van der Waals surface area contributed by atoms with Crippen LogP contribution in [0.2, 0.25) is 5.02 Å². The number of benzene rings is 1. The lowest BCUT2D eigenvalue weighted by atomic mass is 9.94. The van der Waals surface area contributed by atoms with E-state index in [1.165, 1.54) is 18.5 Å². The highest BCUT2D eigenvalue weighted by Gasteiger charge is 2.24. The SMILES string of the molecule is Cn1nccc1[C@H]1CCCN(Cc2cc(Cl)ccc2OCc2cccnc2)C1. The Kier molecular flexibility index (Phi) is 5.93. The molecule has 28 heavy (non-hydrogen) atoms. The fraction of sp³-hybridized carbons (Fsp3) is 0.364. The van der Waals surface area contributed by atoms with Gasteiger partial charge in [0.25, 0.3) is 0 Å². The van der Waals surface area contributed by atoms with Crippen LogP contribution in [0.4, 0.5) is 0 Å². The molecule has 4 rings (SSSR count). The summed E-state index contributed by atoms with van der Waals surface area (Å²) in [6, 6.07) is 12.0. The third-order valence-electron chi connectivity index (χ3n) is 5.32. The summed E-state index contributed by atoms with van der Waals surface area (Å²) in [7, 11) is 2.02. The number of ether oxygens (including phenoxy) is 1. The van der Waals surface area contributed by atoms with Crippen LogP contribution in [-0.4, -0.2) is 32.8 Å². The average Bonchev–Trinajstić information content (AvgIpc) is 3.14. The van der Waals surface area contributed by atoms with Crippen molar-refractivity contribution in [1.29, 1.82) is 0 Å². The van der Waals surface area contributed by atoms with Gasteiger partial charge in [0, 0.05) is 66.5 Å². The highest BCUT2D eigenvalue weighted by atomic mass is 35.5. The average molecular weight is 397 g/mol. The van der Waals surface area contributed by atoms with E-state index < -0.39 is 0 Å². The van der Waals surface area contributed by atoms with Gasteiger partial charge in [-0.3, -0.25) is 14.6 Å². The molecule has 3 heterocycles. The van der Waals surface area contributed by atoms with Crippen LogP contribution in [0.5, 0.6) is 5.75 Å². The predicted octanol–water partition coefficient (Wildman–Crippen LogP) is 4.43. The van der Waals surface area contributed by atoms with E-state index >= 15 is 0 Å². The molecule has 0 amide bonds. The predicted molar refractivity (Wildman–Crippen MR) is 110 cm³/mol. The lowest BCUT2D eigenvalue weighted by molar-refractivity contribution is 0.192. The van der Waals surface area contributed by atoms with Crippen LogP contribution in [-0.2, 0) is 20.2 Å². The zero-order valence-corrected chi connectivity index (χ0v) is 16.8. The molecule has 0 saturated carbocycles. The van der Waals surface area contributed by atoms with Crippen LogP contribution < -0.4 is 4.74 Å². The Balaban J connectivity index is 1.46. The number of aryl methyl sites for hydroxylation is 1. The Bertz CT molecular complexity index is 912. The Labute approximate surface area is 170 Å². The molecule has 0 aliphatic carbocycles. The summed E-state index contributed by atoms with van der Waals surface area (Å²) < 4.78 is 8.09. The molecule has 0 unspecified atom stereocenters. The minimum atomic E-state index is 0.500. The first-order valence-corrected chi connectivity index (χ1v) is 10.1. The van der Waals surface area contributed by atoms with Crippen molar-refractivity contribution in [2.24, 2.45) is 7.05 Å². The van der Waals surface area contributed by atoms with Gasteiger partial charge in [0.05, 0.1) is 0 Å². The first-order valence-electron chi connectivity index (χ1n) is 9.69. The van der Waals surface area contributed by atoms with Gasteiger partial charge in [0.15, 0.2) is 0 Å². The monoisotopic (exact) mass is 396 g/mol. The number of likely N-dealkylation sites (tertiary alicyclic amines) is 1. The van der Waals surface area contributed by atoms with Crippen LogP contribution in [0, 0.1) is 0 Å². The number of piperidine rings is 1. The Morgan fingerprint density at radius 3 is 2.93 bits per heavy atom. The van der Waals surface area contributed by atoms with Gasteiger partial charge in [0.2, 0.25) is 0 Å². The maximum Gasteiger partial charge on any atom is 0.124 e.